The van der Waals surface area contributed by atoms with Crippen LogP contribution in [0.3, 0.4) is 0 Å². The molecular formula is C15H16N6O3. The summed E-state index contributed by atoms with van der Waals surface area (Å²) in [6.07, 6.45) is 0. The zero-order chi connectivity index (χ0) is 17.3. The number of aromatic nitrogens is 5. The maximum absolute atomic E-state index is 12.2. The molecule has 0 radical (unpaired) electrons. The zero-order valence-electron chi connectivity index (χ0n) is 13.3. The zero-order valence-corrected chi connectivity index (χ0v) is 13.3. The van der Waals surface area contributed by atoms with Crippen molar-refractivity contribution in [3.05, 3.63) is 45.1 Å². The number of hydrogen-bond acceptors (Lipinski definition) is 7. The van der Waals surface area contributed by atoms with E-state index in [9.17, 15) is 9.59 Å². The highest BCUT2D eigenvalue weighted by Gasteiger charge is 2.13. The fourth-order valence-corrected chi connectivity index (χ4v) is 2.25. The summed E-state index contributed by atoms with van der Waals surface area (Å²) in [7, 11) is 2.92. The van der Waals surface area contributed by atoms with Crippen molar-refractivity contribution in [3.63, 3.8) is 0 Å². The van der Waals surface area contributed by atoms with Crippen LogP contribution in [-0.4, -0.2) is 37.5 Å². The van der Waals surface area contributed by atoms with Crippen LogP contribution in [0.15, 0.2) is 33.9 Å². The second-order valence-corrected chi connectivity index (χ2v) is 5.17. The SMILES string of the molecule is Cn1c(=O)c2nc(-c3ccc(OCCN)cc3)nnc2n(C)c1=O. The third-order valence-corrected chi connectivity index (χ3v) is 3.57. The summed E-state index contributed by atoms with van der Waals surface area (Å²) in [6.45, 7) is 0.860. The molecule has 0 spiro atoms. The minimum absolute atomic E-state index is 0.0908. The van der Waals surface area contributed by atoms with Crippen LogP contribution in [0.1, 0.15) is 0 Å². The van der Waals surface area contributed by atoms with Gasteiger partial charge in [0.25, 0.3) is 5.56 Å². The average Bonchev–Trinajstić information content (AvgIpc) is 2.63. The summed E-state index contributed by atoms with van der Waals surface area (Å²) in [5, 5.41) is 7.99. The minimum atomic E-state index is -0.507. The molecule has 24 heavy (non-hydrogen) atoms. The molecule has 0 fully saturated rings. The molecule has 0 saturated carbocycles. The lowest BCUT2D eigenvalue weighted by Gasteiger charge is -2.07. The quantitative estimate of drug-likeness (QED) is 0.681. The lowest BCUT2D eigenvalue weighted by Crippen LogP contribution is -2.38. The summed E-state index contributed by atoms with van der Waals surface area (Å²) in [6, 6.07) is 7.05. The van der Waals surface area contributed by atoms with Crippen molar-refractivity contribution in [1.29, 1.82) is 0 Å². The smallest absolute Gasteiger partial charge is 0.332 e. The molecular weight excluding hydrogens is 312 g/mol. The predicted octanol–water partition coefficient (Wildman–Crippen LogP) is -0.573. The van der Waals surface area contributed by atoms with Gasteiger partial charge in [0.2, 0.25) is 0 Å². The molecule has 124 valence electrons. The molecule has 0 unspecified atom stereocenters. The van der Waals surface area contributed by atoms with Gasteiger partial charge in [0, 0.05) is 26.2 Å². The molecule has 0 amide bonds. The highest BCUT2D eigenvalue weighted by atomic mass is 16.5. The summed E-state index contributed by atoms with van der Waals surface area (Å²) in [4.78, 5) is 28.4. The van der Waals surface area contributed by atoms with E-state index in [0.717, 1.165) is 4.57 Å². The molecule has 2 N–H and O–H groups in total. The molecule has 0 atom stereocenters. The number of nitrogens with zero attached hydrogens (tertiary/aromatic N) is 5. The van der Waals surface area contributed by atoms with Gasteiger partial charge in [0.1, 0.15) is 12.4 Å². The third kappa shape index (κ3) is 2.65. The van der Waals surface area contributed by atoms with Crippen LogP contribution >= 0.6 is 0 Å². The third-order valence-electron chi connectivity index (χ3n) is 3.57. The van der Waals surface area contributed by atoms with Gasteiger partial charge in [-0.05, 0) is 24.3 Å². The lowest BCUT2D eigenvalue weighted by atomic mass is 10.2. The minimum Gasteiger partial charge on any atom is -0.492 e. The van der Waals surface area contributed by atoms with Crippen molar-refractivity contribution in [3.8, 4) is 17.1 Å². The fourth-order valence-electron chi connectivity index (χ4n) is 2.25. The fraction of sp³-hybridized carbons (Fsp3) is 0.267. The first kappa shape index (κ1) is 15.8. The largest absolute Gasteiger partial charge is 0.492 e. The Morgan fingerprint density at radius 2 is 1.79 bits per heavy atom. The summed E-state index contributed by atoms with van der Waals surface area (Å²) >= 11 is 0. The second-order valence-electron chi connectivity index (χ2n) is 5.17. The van der Waals surface area contributed by atoms with Gasteiger partial charge >= 0.3 is 5.69 Å². The van der Waals surface area contributed by atoms with Crippen molar-refractivity contribution in [2.75, 3.05) is 13.2 Å². The Morgan fingerprint density at radius 3 is 2.46 bits per heavy atom. The van der Waals surface area contributed by atoms with Gasteiger partial charge < -0.3 is 10.5 Å². The van der Waals surface area contributed by atoms with Crippen LogP contribution in [0.25, 0.3) is 22.6 Å². The molecule has 9 nitrogen and oxygen atoms in total. The molecule has 3 aromatic rings. The van der Waals surface area contributed by atoms with E-state index in [-0.39, 0.29) is 11.2 Å². The van der Waals surface area contributed by atoms with Crippen molar-refractivity contribution in [2.24, 2.45) is 19.8 Å². The predicted molar refractivity (Wildman–Crippen MR) is 87.8 cm³/mol. The van der Waals surface area contributed by atoms with Gasteiger partial charge in [0.15, 0.2) is 17.0 Å². The van der Waals surface area contributed by atoms with Crippen LogP contribution < -0.4 is 21.7 Å². The Balaban J connectivity index is 2.08. The number of nitrogens with two attached hydrogens (primary N) is 1. The molecule has 3 rings (SSSR count). The van der Waals surface area contributed by atoms with Crippen LogP contribution in [0.2, 0.25) is 0 Å². The van der Waals surface area contributed by atoms with E-state index in [1.807, 2.05) is 0 Å². The molecule has 0 saturated heterocycles. The first-order valence-electron chi connectivity index (χ1n) is 7.26. The normalized spacial score (nSPS) is 11.0. The standard InChI is InChI=1S/C15H16N6O3/c1-20-13-11(14(22)21(2)15(20)23)17-12(18-19-13)9-3-5-10(6-4-9)24-8-7-16/h3-6H,7-8,16H2,1-2H3. The van der Waals surface area contributed by atoms with E-state index in [1.165, 1.54) is 18.7 Å². The van der Waals surface area contributed by atoms with E-state index >= 15 is 0 Å². The average molecular weight is 328 g/mol. The second kappa shape index (κ2) is 6.20. The number of fused-ring (bicyclic) bond motifs is 1. The van der Waals surface area contributed by atoms with Crippen molar-refractivity contribution in [2.45, 2.75) is 0 Å². The first-order valence-corrected chi connectivity index (χ1v) is 7.26. The molecule has 2 aromatic heterocycles. The summed E-state index contributed by atoms with van der Waals surface area (Å²) in [5.41, 5.74) is 5.33. The van der Waals surface area contributed by atoms with Crippen molar-refractivity contribution in [1.82, 2.24) is 24.3 Å². The van der Waals surface area contributed by atoms with Crippen LogP contribution in [0.5, 0.6) is 5.75 Å². The maximum atomic E-state index is 12.2. The van der Waals surface area contributed by atoms with Gasteiger partial charge in [-0.15, -0.1) is 10.2 Å². The van der Waals surface area contributed by atoms with Crippen LogP contribution in [0.4, 0.5) is 0 Å². The van der Waals surface area contributed by atoms with Gasteiger partial charge in [0.05, 0.1) is 0 Å². The Hall–Kier alpha value is -3.07. The Morgan fingerprint density at radius 1 is 1.08 bits per heavy atom. The Bertz CT molecular complexity index is 1010. The molecule has 0 bridgehead atoms. The van der Waals surface area contributed by atoms with Gasteiger partial charge in [-0.2, -0.15) is 0 Å². The lowest BCUT2D eigenvalue weighted by molar-refractivity contribution is 0.328. The van der Waals surface area contributed by atoms with E-state index in [1.54, 1.807) is 24.3 Å². The molecule has 0 aliphatic carbocycles. The molecule has 0 aliphatic rings. The summed E-state index contributed by atoms with van der Waals surface area (Å²) in [5.74, 6) is 0.972. The van der Waals surface area contributed by atoms with Gasteiger partial charge in [-0.1, -0.05) is 0 Å². The van der Waals surface area contributed by atoms with Gasteiger partial charge in [-0.3, -0.25) is 13.9 Å². The first-order chi connectivity index (χ1) is 11.5. The number of hydrogen-bond donors (Lipinski definition) is 1. The van der Waals surface area contributed by atoms with E-state index in [4.69, 9.17) is 10.5 Å². The van der Waals surface area contributed by atoms with Crippen molar-refractivity contribution < 1.29 is 4.74 Å². The van der Waals surface area contributed by atoms with Gasteiger partial charge in [-0.25, -0.2) is 9.78 Å². The molecule has 0 aliphatic heterocycles. The van der Waals surface area contributed by atoms with Crippen molar-refractivity contribution >= 4 is 11.2 Å². The van der Waals surface area contributed by atoms with E-state index in [0.29, 0.717) is 30.3 Å². The van der Waals surface area contributed by atoms with Crippen LogP contribution in [-0.2, 0) is 14.1 Å². The monoisotopic (exact) mass is 328 g/mol. The topological polar surface area (TPSA) is 118 Å². The Labute approximate surface area is 136 Å². The van der Waals surface area contributed by atoms with Crippen LogP contribution in [0, 0.1) is 0 Å². The molecule has 1 aromatic carbocycles. The molecule has 2 heterocycles. The summed E-state index contributed by atoms with van der Waals surface area (Å²) < 4.78 is 7.64. The van der Waals surface area contributed by atoms with E-state index < -0.39 is 11.2 Å². The molecule has 9 heteroatoms. The maximum Gasteiger partial charge on any atom is 0.332 e. The number of benzene rings is 1. The number of aryl methyl sites for hydroxylation is 1. The van der Waals surface area contributed by atoms with E-state index in [2.05, 4.69) is 15.2 Å². The highest BCUT2D eigenvalue weighted by Crippen LogP contribution is 2.19. The highest BCUT2D eigenvalue weighted by molar-refractivity contribution is 5.71. The number of ether oxygens (including phenoxy) is 1. The number of rotatable bonds is 4. The Kier molecular flexibility index (Phi) is 4.09.